The van der Waals surface area contributed by atoms with E-state index in [1.165, 1.54) is 0 Å². The highest BCUT2D eigenvalue weighted by atomic mass is 16.2. The molecule has 4 nitrogen and oxygen atoms in total. The highest BCUT2D eigenvalue weighted by Crippen LogP contribution is 2.10. The second-order valence-corrected chi connectivity index (χ2v) is 6.23. The number of hydrogen-bond acceptors (Lipinski definition) is 2. The van der Waals surface area contributed by atoms with Crippen molar-refractivity contribution in [3.8, 4) is 0 Å². The van der Waals surface area contributed by atoms with Gasteiger partial charge in [0.25, 0.3) is 0 Å². The first-order valence-corrected chi connectivity index (χ1v) is 8.05. The van der Waals surface area contributed by atoms with Crippen molar-refractivity contribution in [2.75, 3.05) is 0 Å². The van der Waals surface area contributed by atoms with Crippen LogP contribution < -0.4 is 10.6 Å². The van der Waals surface area contributed by atoms with Gasteiger partial charge in [0.2, 0.25) is 11.8 Å². The number of benzene rings is 1. The van der Waals surface area contributed by atoms with Crippen LogP contribution in [0.15, 0.2) is 30.3 Å². The molecule has 0 heterocycles. The summed E-state index contributed by atoms with van der Waals surface area (Å²) in [5.74, 6) is 0.210. The molecule has 0 aromatic heterocycles. The molecule has 0 aliphatic heterocycles. The summed E-state index contributed by atoms with van der Waals surface area (Å²) in [6.07, 6.45) is 1.28. The SMILES string of the molecule is CCC(C)C(NC(=O)CC(C)C)C(=O)NCc1ccccc1. The maximum absolute atomic E-state index is 12.4. The van der Waals surface area contributed by atoms with Crippen molar-refractivity contribution >= 4 is 11.8 Å². The summed E-state index contributed by atoms with van der Waals surface area (Å²) in [6, 6.07) is 9.29. The first kappa shape index (κ1) is 18.2. The minimum Gasteiger partial charge on any atom is -0.350 e. The molecule has 2 amide bonds. The molecule has 2 atom stereocenters. The minimum atomic E-state index is -0.472. The van der Waals surface area contributed by atoms with Crippen molar-refractivity contribution < 1.29 is 9.59 Å². The second kappa shape index (κ2) is 9.23. The van der Waals surface area contributed by atoms with E-state index >= 15 is 0 Å². The largest absolute Gasteiger partial charge is 0.350 e. The topological polar surface area (TPSA) is 58.2 Å². The van der Waals surface area contributed by atoms with Crippen LogP contribution in [0.25, 0.3) is 0 Å². The monoisotopic (exact) mass is 304 g/mol. The van der Waals surface area contributed by atoms with E-state index in [-0.39, 0.29) is 23.7 Å². The van der Waals surface area contributed by atoms with Gasteiger partial charge in [-0.05, 0) is 17.4 Å². The standard InChI is InChI=1S/C18H28N2O2/c1-5-14(4)17(20-16(21)11-13(2)3)18(22)19-12-15-9-7-6-8-10-15/h6-10,13-14,17H,5,11-12H2,1-4H3,(H,19,22)(H,20,21). The molecular formula is C18H28N2O2. The van der Waals surface area contributed by atoms with Crippen molar-refractivity contribution in [3.63, 3.8) is 0 Å². The molecule has 0 saturated heterocycles. The van der Waals surface area contributed by atoms with Gasteiger partial charge in [-0.1, -0.05) is 64.4 Å². The van der Waals surface area contributed by atoms with Gasteiger partial charge in [-0.3, -0.25) is 9.59 Å². The zero-order chi connectivity index (χ0) is 16.5. The fourth-order valence-corrected chi connectivity index (χ4v) is 2.20. The third-order valence-corrected chi connectivity index (χ3v) is 3.72. The Morgan fingerprint density at radius 1 is 1.09 bits per heavy atom. The minimum absolute atomic E-state index is 0.0600. The molecule has 0 spiro atoms. The number of carbonyl (C=O) groups is 2. The quantitative estimate of drug-likeness (QED) is 0.776. The van der Waals surface area contributed by atoms with Crippen molar-refractivity contribution in [1.29, 1.82) is 0 Å². The van der Waals surface area contributed by atoms with Gasteiger partial charge in [0.05, 0.1) is 0 Å². The number of hydrogen-bond donors (Lipinski definition) is 2. The fourth-order valence-electron chi connectivity index (χ4n) is 2.20. The van der Waals surface area contributed by atoms with E-state index in [9.17, 15) is 9.59 Å². The van der Waals surface area contributed by atoms with Gasteiger partial charge < -0.3 is 10.6 Å². The average Bonchev–Trinajstić information content (AvgIpc) is 2.50. The summed E-state index contributed by atoms with van der Waals surface area (Å²) in [7, 11) is 0. The third-order valence-electron chi connectivity index (χ3n) is 3.72. The number of carbonyl (C=O) groups excluding carboxylic acids is 2. The molecule has 0 bridgehead atoms. The second-order valence-electron chi connectivity index (χ2n) is 6.23. The summed E-state index contributed by atoms with van der Waals surface area (Å²) in [4.78, 5) is 24.4. The van der Waals surface area contributed by atoms with E-state index in [4.69, 9.17) is 0 Å². The molecule has 122 valence electrons. The molecule has 0 radical (unpaired) electrons. The summed E-state index contributed by atoms with van der Waals surface area (Å²) in [5, 5.41) is 5.80. The predicted octanol–water partition coefficient (Wildman–Crippen LogP) is 2.88. The van der Waals surface area contributed by atoms with Crippen LogP contribution >= 0.6 is 0 Å². The van der Waals surface area contributed by atoms with E-state index in [1.807, 2.05) is 58.0 Å². The van der Waals surface area contributed by atoms with Crippen LogP contribution in [-0.2, 0) is 16.1 Å². The Labute approximate surface area is 133 Å². The van der Waals surface area contributed by atoms with E-state index in [0.29, 0.717) is 13.0 Å². The third kappa shape index (κ3) is 6.29. The lowest BCUT2D eigenvalue weighted by molar-refractivity contribution is -0.130. The van der Waals surface area contributed by atoms with Gasteiger partial charge in [0.1, 0.15) is 6.04 Å². The Bertz CT molecular complexity index is 471. The molecule has 0 saturated carbocycles. The Balaban J connectivity index is 2.62. The molecule has 0 aliphatic rings. The highest BCUT2D eigenvalue weighted by molar-refractivity contribution is 5.87. The summed E-state index contributed by atoms with van der Waals surface area (Å²) in [5.41, 5.74) is 1.05. The average molecular weight is 304 g/mol. The molecule has 2 unspecified atom stereocenters. The van der Waals surface area contributed by atoms with E-state index in [2.05, 4.69) is 10.6 Å². The Morgan fingerprint density at radius 3 is 2.27 bits per heavy atom. The lowest BCUT2D eigenvalue weighted by Crippen LogP contribution is -2.50. The normalized spacial score (nSPS) is 13.5. The molecule has 1 rings (SSSR count). The zero-order valence-corrected chi connectivity index (χ0v) is 14.1. The van der Waals surface area contributed by atoms with Gasteiger partial charge in [-0.2, -0.15) is 0 Å². The van der Waals surface area contributed by atoms with E-state index < -0.39 is 6.04 Å². The summed E-state index contributed by atoms with van der Waals surface area (Å²) >= 11 is 0. The molecule has 2 N–H and O–H groups in total. The highest BCUT2D eigenvalue weighted by Gasteiger charge is 2.25. The van der Waals surface area contributed by atoms with Crippen LogP contribution in [0.4, 0.5) is 0 Å². The van der Waals surface area contributed by atoms with Crippen LogP contribution in [0, 0.1) is 11.8 Å². The lowest BCUT2D eigenvalue weighted by atomic mass is 9.97. The molecule has 4 heteroatoms. The van der Waals surface area contributed by atoms with Crippen LogP contribution in [0.1, 0.15) is 46.1 Å². The number of rotatable bonds is 8. The molecular weight excluding hydrogens is 276 g/mol. The van der Waals surface area contributed by atoms with Crippen LogP contribution in [0.2, 0.25) is 0 Å². The van der Waals surface area contributed by atoms with Crippen molar-refractivity contribution in [2.24, 2.45) is 11.8 Å². The maximum atomic E-state index is 12.4. The fraction of sp³-hybridized carbons (Fsp3) is 0.556. The van der Waals surface area contributed by atoms with Crippen LogP contribution in [0.5, 0.6) is 0 Å². The Hall–Kier alpha value is -1.84. The number of amides is 2. The van der Waals surface area contributed by atoms with Gasteiger partial charge in [0, 0.05) is 13.0 Å². The van der Waals surface area contributed by atoms with Gasteiger partial charge >= 0.3 is 0 Å². The maximum Gasteiger partial charge on any atom is 0.243 e. The first-order valence-electron chi connectivity index (χ1n) is 8.05. The smallest absolute Gasteiger partial charge is 0.243 e. The molecule has 0 aliphatic carbocycles. The van der Waals surface area contributed by atoms with E-state index in [1.54, 1.807) is 0 Å². The van der Waals surface area contributed by atoms with E-state index in [0.717, 1.165) is 12.0 Å². The molecule has 0 fully saturated rings. The van der Waals surface area contributed by atoms with Gasteiger partial charge in [-0.25, -0.2) is 0 Å². The van der Waals surface area contributed by atoms with Crippen LogP contribution in [-0.4, -0.2) is 17.9 Å². The predicted molar refractivity (Wildman–Crippen MR) is 89.1 cm³/mol. The molecule has 1 aromatic rings. The Morgan fingerprint density at radius 2 is 1.73 bits per heavy atom. The Kier molecular flexibility index (Phi) is 7.64. The molecule has 22 heavy (non-hydrogen) atoms. The zero-order valence-electron chi connectivity index (χ0n) is 14.1. The summed E-state index contributed by atoms with van der Waals surface area (Å²) < 4.78 is 0. The first-order chi connectivity index (χ1) is 10.4. The van der Waals surface area contributed by atoms with Crippen molar-refractivity contribution in [1.82, 2.24) is 10.6 Å². The molecule has 1 aromatic carbocycles. The van der Waals surface area contributed by atoms with Crippen molar-refractivity contribution in [3.05, 3.63) is 35.9 Å². The van der Waals surface area contributed by atoms with Crippen molar-refractivity contribution in [2.45, 2.75) is 53.1 Å². The van der Waals surface area contributed by atoms with Gasteiger partial charge in [-0.15, -0.1) is 0 Å². The number of nitrogens with one attached hydrogen (secondary N) is 2. The summed E-state index contributed by atoms with van der Waals surface area (Å²) in [6.45, 7) is 8.48. The van der Waals surface area contributed by atoms with Crippen LogP contribution in [0.3, 0.4) is 0 Å². The lowest BCUT2D eigenvalue weighted by Gasteiger charge is -2.24. The van der Waals surface area contributed by atoms with Gasteiger partial charge in [0.15, 0.2) is 0 Å².